The minimum absolute atomic E-state index is 0.303. The summed E-state index contributed by atoms with van der Waals surface area (Å²) in [5.41, 5.74) is 9.59. The second kappa shape index (κ2) is 6.79. The Morgan fingerprint density at radius 2 is 2.28 bits per heavy atom. The lowest BCUT2D eigenvalue weighted by Gasteiger charge is -2.50. The Kier molecular flexibility index (Phi) is 4.10. The molecule has 3 aromatic rings. The Morgan fingerprint density at radius 1 is 1.38 bits per heavy atom. The maximum Gasteiger partial charge on any atom is 0.247 e. The number of hydrogen-bond acceptors (Lipinski definition) is 8. The van der Waals surface area contributed by atoms with Gasteiger partial charge in [0.1, 0.15) is 5.54 Å². The molecule has 3 aromatic heterocycles. The maximum atomic E-state index is 9.40. The molecule has 0 amide bonds. The third kappa shape index (κ3) is 2.96. The first-order valence-electron chi connectivity index (χ1n) is 9.66. The van der Waals surface area contributed by atoms with E-state index in [-0.39, 0.29) is 5.54 Å². The fourth-order valence-corrected chi connectivity index (χ4v) is 3.87. The van der Waals surface area contributed by atoms with E-state index in [1.807, 2.05) is 35.4 Å². The van der Waals surface area contributed by atoms with Crippen LogP contribution in [-0.2, 0) is 12.0 Å². The van der Waals surface area contributed by atoms with Crippen LogP contribution in [0.4, 0.5) is 11.6 Å². The van der Waals surface area contributed by atoms with Crippen molar-refractivity contribution >= 4 is 17.3 Å². The zero-order chi connectivity index (χ0) is 19.8. The molecule has 1 saturated heterocycles. The first kappa shape index (κ1) is 17.5. The van der Waals surface area contributed by atoms with Crippen LogP contribution in [0.1, 0.15) is 18.9 Å². The molecular weight excluding hydrogens is 368 g/mol. The number of aromatic nitrogens is 5. The third-order valence-corrected chi connectivity index (χ3v) is 5.49. The first-order chi connectivity index (χ1) is 14.2. The van der Waals surface area contributed by atoms with E-state index in [2.05, 4.69) is 55.4 Å². The van der Waals surface area contributed by atoms with Gasteiger partial charge in [0.2, 0.25) is 5.95 Å². The standard InChI is InChI=1S/C19H22N10/c1-2-14-8-23-29(11-14)19(5-6-20)12-27(13-19)16-4-3-7-28-17(16)25-18(26-28)24-15-9-21-22-10-15/h3-4,7-9,11,21-22H,2,5,10,12-13H2,1H3,(H,24,26). The van der Waals surface area contributed by atoms with Crippen molar-refractivity contribution in [3.8, 4) is 6.07 Å². The van der Waals surface area contributed by atoms with E-state index in [9.17, 15) is 5.26 Å². The highest BCUT2D eigenvalue weighted by Crippen LogP contribution is 2.37. The van der Waals surface area contributed by atoms with Gasteiger partial charge in [0, 0.05) is 31.7 Å². The molecule has 29 heavy (non-hydrogen) atoms. The van der Waals surface area contributed by atoms with Crippen molar-refractivity contribution in [1.82, 2.24) is 35.2 Å². The van der Waals surface area contributed by atoms with Gasteiger partial charge in [-0.15, -0.1) is 5.10 Å². The van der Waals surface area contributed by atoms with E-state index in [1.165, 1.54) is 5.56 Å². The van der Waals surface area contributed by atoms with Gasteiger partial charge in [0.15, 0.2) is 5.65 Å². The number of nitrogens with one attached hydrogen (secondary N) is 3. The molecule has 0 atom stereocenters. The molecule has 5 heterocycles. The Bertz CT molecular complexity index is 1110. The van der Waals surface area contributed by atoms with Crippen LogP contribution in [-0.4, -0.2) is 44.0 Å². The van der Waals surface area contributed by atoms with Crippen LogP contribution in [0.15, 0.2) is 42.6 Å². The van der Waals surface area contributed by atoms with E-state index in [1.54, 1.807) is 4.52 Å². The van der Waals surface area contributed by atoms with Gasteiger partial charge in [0.05, 0.1) is 36.6 Å². The smallest absolute Gasteiger partial charge is 0.247 e. The second-order valence-electron chi connectivity index (χ2n) is 7.45. The van der Waals surface area contributed by atoms with Crippen molar-refractivity contribution in [2.75, 3.05) is 29.9 Å². The predicted octanol–water partition coefficient (Wildman–Crippen LogP) is 0.978. The van der Waals surface area contributed by atoms with Crippen LogP contribution in [0.25, 0.3) is 5.65 Å². The van der Waals surface area contributed by atoms with Gasteiger partial charge in [-0.05, 0) is 24.1 Å². The maximum absolute atomic E-state index is 9.40. The lowest BCUT2D eigenvalue weighted by molar-refractivity contribution is 0.198. The molecule has 3 N–H and O–H groups in total. The number of nitrogens with zero attached hydrogens (tertiary/aromatic N) is 7. The van der Waals surface area contributed by atoms with Gasteiger partial charge in [-0.25, -0.2) is 9.94 Å². The molecule has 1 fully saturated rings. The SMILES string of the molecule is CCc1cnn(C2(CC#N)CN(c3cccn4nc(NC5=CNNC5)nc34)C2)c1. The van der Waals surface area contributed by atoms with Crippen LogP contribution in [0.2, 0.25) is 0 Å². The molecule has 10 nitrogen and oxygen atoms in total. The molecule has 0 unspecified atom stereocenters. The number of anilines is 2. The topological polar surface area (TPSA) is 111 Å². The molecule has 5 rings (SSSR count). The summed E-state index contributed by atoms with van der Waals surface area (Å²) in [6.45, 7) is 4.21. The number of fused-ring (bicyclic) bond motifs is 1. The zero-order valence-electron chi connectivity index (χ0n) is 16.1. The van der Waals surface area contributed by atoms with Crippen LogP contribution in [0.5, 0.6) is 0 Å². The van der Waals surface area contributed by atoms with Gasteiger partial charge < -0.3 is 15.6 Å². The van der Waals surface area contributed by atoms with E-state index in [0.29, 0.717) is 32.0 Å². The molecular formula is C19H22N10. The third-order valence-electron chi connectivity index (χ3n) is 5.49. The summed E-state index contributed by atoms with van der Waals surface area (Å²) in [5, 5.41) is 21.7. The van der Waals surface area contributed by atoms with Crippen molar-refractivity contribution in [3.63, 3.8) is 0 Å². The highest BCUT2D eigenvalue weighted by Gasteiger charge is 2.46. The average Bonchev–Trinajstić information content (AvgIpc) is 3.44. The van der Waals surface area contributed by atoms with Crippen LogP contribution < -0.4 is 21.1 Å². The van der Waals surface area contributed by atoms with E-state index >= 15 is 0 Å². The molecule has 2 aliphatic rings. The van der Waals surface area contributed by atoms with Gasteiger partial charge in [-0.3, -0.25) is 4.68 Å². The molecule has 0 radical (unpaired) electrons. The Morgan fingerprint density at radius 3 is 3.00 bits per heavy atom. The summed E-state index contributed by atoms with van der Waals surface area (Å²) in [6, 6.07) is 6.35. The molecule has 0 aromatic carbocycles. The summed E-state index contributed by atoms with van der Waals surface area (Å²) >= 11 is 0. The quantitative estimate of drug-likeness (QED) is 0.571. The monoisotopic (exact) mass is 390 g/mol. The van der Waals surface area contributed by atoms with Crippen molar-refractivity contribution in [2.24, 2.45) is 0 Å². The summed E-state index contributed by atoms with van der Waals surface area (Å²) in [6.07, 6.45) is 9.05. The number of hydrogen-bond donors (Lipinski definition) is 3. The molecule has 10 heteroatoms. The molecule has 0 spiro atoms. The molecule has 0 saturated carbocycles. The van der Waals surface area contributed by atoms with Crippen LogP contribution in [0.3, 0.4) is 0 Å². The number of nitriles is 1. The zero-order valence-corrected chi connectivity index (χ0v) is 16.1. The van der Waals surface area contributed by atoms with Gasteiger partial charge in [-0.2, -0.15) is 15.3 Å². The van der Waals surface area contributed by atoms with Crippen molar-refractivity contribution in [3.05, 3.63) is 48.2 Å². The normalized spacial score (nSPS) is 17.5. The molecule has 0 aliphatic carbocycles. The first-order valence-corrected chi connectivity index (χ1v) is 9.66. The largest absolute Gasteiger partial charge is 0.363 e. The number of hydrazine groups is 1. The van der Waals surface area contributed by atoms with Crippen molar-refractivity contribution < 1.29 is 0 Å². The highest BCUT2D eigenvalue weighted by atomic mass is 15.4. The lowest BCUT2D eigenvalue weighted by Crippen LogP contribution is -2.63. The molecule has 2 aliphatic heterocycles. The number of aryl methyl sites for hydroxylation is 1. The Balaban J connectivity index is 1.41. The van der Waals surface area contributed by atoms with Gasteiger partial charge in [-0.1, -0.05) is 6.92 Å². The average molecular weight is 390 g/mol. The van der Waals surface area contributed by atoms with E-state index in [4.69, 9.17) is 0 Å². The molecule has 0 bridgehead atoms. The van der Waals surface area contributed by atoms with Crippen LogP contribution in [0, 0.1) is 11.3 Å². The van der Waals surface area contributed by atoms with Crippen molar-refractivity contribution in [1.29, 1.82) is 5.26 Å². The minimum Gasteiger partial charge on any atom is -0.363 e. The summed E-state index contributed by atoms with van der Waals surface area (Å²) in [7, 11) is 0. The predicted molar refractivity (Wildman–Crippen MR) is 108 cm³/mol. The van der Waals surface area contributed by atoms with Gasteiger partial charge >= 0.3 is 0 Å². The fraction of sp³-hybridized carbons (Fsp3) is 0.368. The number of pyridine rings is 1. The number of rotatable bonds is 6. The minimum atomic E-state index is -0.303. The molecule has 148 valence electrons. The van der Waals surface area contributed by atoms with Gasteiger partial charge in [0.25, 0.3) is 0 Å². The summed E-state index contributed by atoms with van der Waals surface area (Å²) in [4.78, 5) is 6.91. The lowest BCUT2D eigenvalue weighted by atomic mass is 9.86. The Hall–Kier alpha value is -3.58. The highest BCUT2D eigenvalue weighted by molar-refractivity contribution is 5.71. The summed E-state index contributed by atoms with van der Waals surface area (Å²) in [5.74, 6) is 0.553. The van der Waals surface area contributed by atoms with E-state index in [0.717, 1.165) is 23.5 Å². The Labute approximate surface area is 167 Å². The van der Waals surface area contributed by atoms with Crippen LogP contribution >= 0.6 is 0 Å². The van der Waals surface area contributed by atoms with Crippen molar-refractivity contribution in [2.45, 2.75) is 25.3 Å². The van der Waals surface area contributed by atoms with E-state index < -0.39 is 0 Å². The second-order valence-corrected chi connectivity index (χ2v) is 7.45. The fourth-order valence-electron chi connectivity index (χ4n) is 3.87. The summed E-state index contributed by atoms with van der Waals surface area (Å²) < 4.78 is 3.75.